The number of carbonyl (C=O) groups is 2. The fraction of sp³-hybridized carbons (Fsp3) is 0.125. The van der Waals surface area contributed by atoms with Crippen molar-refractivity contribution in [3.05, 3.63) is 107 Å². The molecule has 6 heteroatoms. The summed E-state index contributed by atoms with van der Waals surface area (Å²) in [5, 5.41) is 10.9. The van der Waals surface area contributed by atoms with Gasteiger partial charge in [0.25, 0.3) is 11.7 Å². The summed E-state index contributed by atoms with van der Waals surface area (Å²) in [5.74, 6) is -2.28. The second-order valence-electron chi connectivity index (χ2n) is 7.11. The topological polar surface area (TPSA) is 70.5 Å². The minimum Gasteiger partial charge on any atom is -0.507 e. The Morgan fingerprint density at radius 2 is 1.73 bits per heavy atom. The summed E-state index contributed by atoms with van der Waals surface area (Å²) in [6, 6.07) is 17.1. The van der Waals surface area contributed by atoms with Crippen molar-refractivity contribution in [3.63, 3.8) is 0 Å². The predicted molar refractivity (Wildman–Crippen MR) is 110 cm³/mol. The van der Waals surface area contributed by atoms with Gasteiger partial charge in [0.1, 0.15) is 11.6 Å². The summed E-state index contributed by atoms with van der Waals surface area (Å²) in [6.07, 6.45) is 1.62. The molecule has 2 heterocycles. The van der Waals surface area contributed by atoms with Gasteiger partial charge in [0.2, 0.25) is 0 Å². The molecule has 1 saturated heterocycles. The van der Waals surface area contributed by atoms with Gasteiger partial charge in [-0.25, -0.2) is 4.39 Å². The highest BCUT2D eigenvalue weighted by molar-refractivity contribution is 6.46. The minimum absolute atomic E-state index is 0.0168. The molecule has 1 aromatic heterocycles. The van der Waals surface area contributed by atoms with E-state index >= 15 is 0 Å². The van der Waals surface area contributed by atoms with Crippen LogP contribution in [0.2, 0.25) is 0 Å². The molecule has 4 rings (SSSR count). The number of pyridine rings is 1. The van der Waals surface area contributed by atoms with E-state index in [2.05, 4.69) is 4.98 Å². The lowest BCUT2D eigenvalue weighted by molar-refractivity contribution is -0.140. The van der Waals surface area contributed by atoms with Gasteiger partial charge in [0, 0.05) is 11.8 Å². The Hall–Kier alpha value is -3.80. The van der Waals surface area contributed by atoms with Crippen LogP contribution in [-0.4, -0.2) is 26.7 Å². The number of aliphatic hydroxyl groups excluding tert-OH is 1. The molecular weight excluding hydrogens is 383 g/mol. The number of amides is 1. The number of benzene rings is 2. The van der Waals surface area contributed by atoms with Crippen LogP contribution in [-0.2, 0) is 16.1 Å². The first-order valence-electron chi connectivity index (χ1n) is 9.47. The third kappa shape index (κ3) is 3.48. The number of hydrogen-bond donors (Lipinski definition) is 1. The molecule has 1 fully saturated rings. The minimum atomic E-state index is -0.779. The van der Waals surface area contributed by atoms with Gasteiger partial charge in [-0.1, -0.05) is 30.3 Å². The van der Waals surface area contributed by atoms with Crippen LogP contribution in [0.1, 0.15) is 28.4 Å². The number of Topliss-reactive ketones (excluding diaryl/α,β-unsaturated/α-hetero) is 1. The van der Waals surface area contributed by atoms with Crippen molar-refractivity contribution < 1.29 is 19.1 Å². The van der Waals surface area contributed by atoms with Crippen LogP contribution >= 0.6 is 0 Å². The normalized spacial score (nSPS) is 18.1. The third-order valence-corrected chi connectivity index (χ3v) is 5.20. The Balaban J connectivity index is 1.88. The average Bonchev–Trinajstić information content (AvgIpc) is 3.00. The van der Waals surface area contributed by atoms with Crippen molar-refractivity contribution in [1.82, 2.24) is 9.88 Å². The number of halogens is 1. The van der Waals surface area contributed by atoms with E-state index in [1.807, 2.05) is 31.2 Å². The number of aromatic nitrogens is 1. The van der Waals surface area contributed by atoms with Gasteiger partial charge in [-0.2, -0.15) is 0 Å². The van der Waals surface area contributed by atoms with Crippen molar-refractivity contribution in [2.24, 2.45) is 0 Å². The first kappa shape index (κ1) is 19.5. The van der Waals surface area contributed by atoms with E-state index < -0.39 is 23.5 Å². The fourth-order valence-corrected chi connectivity index (χ4v) is 3.69. The van der Waals surface area contributed by atoms with E-state index in [-0.39, 0.29) is 23.4 Å². The van der Waals surface area contributed by atoms with E-state index in [0.29, 0.717) is 5.69 Å². The Labute approximate surface area is 173 Å². The van der Waals surface area contributed by atoms with Crippen LogP contribution in [0, 0.1) is 12.7 Å². The molecule has 5 nitrogen and oxygen atoms in total. The van der Waals surface area contributed by atoms with E-state index in [0.717, 1.165) is 11.1 Å². The summed E-state index contributed by atoms with van der Waals surface area (Å²) in [7, 11) is 0. The molecule has 0 bridgehead atoms. The Kier molecular flexibility index (Phi) is 5.14. The molecule has 3 aromatic rings. The number of hydrogen-bond acceptors (Lipinski definition) is 4. The quantitative estimate of drug-likeness (QED) is 0.404. The first-order valence-corrected chi connectivity index (χ1v) is 9.47. The summed E-state index contributed by atoms with van der Waals surface area (Å²) in [4.78, 5) is 31.6. The molecule has 0 spiro atoms. The summed E-state index contributed by atoms with van der Waals surface area (Å²) < 4.78 is 13.3. The first-order chi connectivity index (χ1) is 14.5. The molecule has 150 valence electrons. The SMILES string of the molecule is Cc1ccccc1C1/C(=C(\O)c2ccc(F)cc2)C(=O)C(=O)N1Cc1ccccn1. The second kappa shape index (κ2) is 7.91. The highest BCUT2D eigenvalue weighted by atomic mass is 19.1. The van der Waals surface area contributed by atoms with Gasteiger partial charge in [-0.3, -0.25) is 14.6 Å². The van der Waals surface area contributed by atoms with Crippen LogP contribution in [0.5, 0.6) is 0 Å². The average molecular weight is 402 g/mol. The molecule has 1 aliphatic rings. The maximum absolute atomic E-state index is 13.3. The van der Waals surface area contributed by atoms with Crippen LogP contribution in [0.25, 0.3) is 5.76 Å². The monoisotopic (exact) mass is 402 g/mol. The Bertz CT molecular complexity index is 1140. The molecular formula is C24H19FN2O3. The lowest BCUT2D eigenvalue weighted by Gasteiger charge is -2.26. The molecule has 2 aromatic carbocycles. The number of aliphatic hydroxyl groups is 1. The van der Waals surface area contributed by atoms with Gasteiger partial charge < -0.3 is 10.0 Å². The van der Waals surface area contributed by atoms with Crippen LogP contribution < -0.4 is 0 Å². The summed E-state index contributed by atoms with van der Waals surface area (Å²) in [5.41, 5.74) is 2.49. The Morgan fingerprint density at radius 3 is 2.40 bits per heavy atom. The highest BCUT2D eigenvalue weighted by Gasteiger charge is 2.46. The third-order valence-electron chi connectivity index (χ3n) is 5.20. The number of likely N-dealkylation sites (tertiary alicyclic amines) is 1. The van der Waals surface area contributed by atoms with Crippen molar-refractivity contribution in [1.29, 1.82) is 0 Å². The van der Waals surface area contributed by atoms with Gasteiger partial charge in [-0.05, 0) is 54.4 Å². The van der Waals surface area contributed by atoms with Crippen molar-refractivity contribution in [3.8, 4) is 0 Å². The lowest BCUT2D eigenvalue weighted by Crippen LogP contribution is -2.29. The maximum Gasteiger partial charge on any atom is 0.296 e. The molecule has 1 aliphatic heterocycles. The lowest BCUT2D eigenvalue weighted by atomic mass is 9.92. The van der Waals surface area contributed by atoms with E-state index in [4.69, 9.17) is 0 Å². The maximum atomic E-state index is 13.3. The molecule has 1 N–H and O–H groups in total. The molecule has 1 atom stereocenters. The largest absolute Gasteiger partial charge is 0.507 e. The van der Waals surface area contributed by atoms with Crippen molar-refractivity contribution >= 4 is 17.4 Å². The molecule has 1 amide bonds. The van der Waals surface area contributed by atoms with E-state index in [1.165, 1.54) is 29.2 Å². The number of aryl methyl sites for hydroxylation is 1. The van der Waals surface area contributed by atoms with Crippen molar-refractivity contribution in [2.45, 2.75) is 19.5 Å². The zero-order valence-electron chi connectivity index (χ0n) is 16.2. The molecule has 0 radical (unpaired) electrons. The van der Waals surface area contributed by atoms with Crippen LogP contribution in [0.3, 0.4) is 0 Å². The zero-order chi connectivity index (χ0) is 21.3. The molecule has 30 heavy (non-hydrogen) atoms. The van der Waals surface area contributed by atoms with Gasteiger partial charge >= 0.3 is 0 Å². The predicted octanol–water partition coefficient (Wildman–Crippen LogP) is 4.15. The van der Waals surface area contributed by atoms with Crippen molar-refractivity contribution in [2.75, 3.05) is 0 Å². The molecule has 1 unspecified atom stereocenters. The number of rotatable bonds is 4. The van der Waals surface area contributed by atoms with Gasteiger partial charge in [0.05, 0.1) is 23.9 Å². The van der Waals surface area contributed by atoms with Gasteiger partial charge in [-0.15, -0.1) is 0 Å². The fourth-order valence-electron chi connectivity index (χ4n) is 3.69. The summed E-state index contributed by atoms with van der Waals surface area (Å²) >= 11 is 0. The van der Waals surface area contributed by atoms with E-state index in [9.17, 15) is 19.1 Å². The molecule has 0 aliphatic carbocycles. The summed E-state index contributed by atoms with van der Waals surface area (Å²) in [6.45, 7) is 2.00. The number of nitrogens with zero attached hydrogens (tertiary/aromatic N) is 2. The highest BCUT2D eigenvalue weighted by Crippen LogP contribution is 2.41. The van der Waals surface area contributed by atoms with Crippen LogP contribution in [0.15, 0.2) is 78.5 Å². The standard InChI is InChI=1S/C24H19FN2O3/c1-15-6-2-3-8-19(15)21-20(22(28)16-9-11-17(25)12-10-16)23(29)24(30)27(21)14-18-7-4-5-13-26-18/h2-13,21,28H,14H2,1H3/b22-20+. The number of carbonyl (C=O) groups excluding carboxylic acids is 2. The Morgan fingerprint density at radius 1 is 1.03 bits per heavy atom. The van der Waals surface area contributed by atoms with Crippen LogP contribution in [0.4, 0.5) is 4.39 Å². The number of ketones is 1. The zero-order valence-corrected chi connectivity index (χ0v) is 16.2. The second-order valence-corrected chi connectivity index (χ2v) is 7.11. The smallest absolute Gasteiger partial charge is 0.296 e. The van der Waals surface area contributed by atoms with E-state index in [1.54, 1.807) is 24.4 Å². The molecule has 0 saturated carbocycles. The van der Waals surface area contributed by atoms with Gasteiger partial charge in [0.15, 0.2) is 0 Å².